The van der Waals surface area contributed by atoms with Crippen LogP contribution >= 0.6 is 11.8 Å². The predicted molar refractivity (Wildman–Crippen MR) is 103 cm³/mol. The molecule has 0 aromatic heterocycles. The second kappa shape index (κ2) is 8.41. The van der Waals surface area contributed by atoms with Gasteiger partial charge in [-0.1, -0.05) is 23.8 Å². The Labute approximate surface area is 152 Å². The number of aryl methyl sites for hydroxylation is 2. The minimum atomic E-state index is -0.428. The molecule has 1 amide bonds. The van der Waals surface area contributed by atoms with Crippen molar-refractivity contribution < 1.29 is 9.53 Å². The molecule has 2 aromatic rings. The van der Waals surface area contributed by atoms with E-state index in [1.807, 2.05) is 62.6 Å². The second-order valence-corrected chi connectivity index (χ2v) is 6.40. The van der Waals surface area contributed by atoms with Crippen molar-refractivity contribution in [2.45, 2.75) is 18.7 Å². The summed E-state index contributed by atoms with van der Waals surface area (Å²) in [6, 6.07) is 13.3. The molecule has 0 aliphatic carbocycles. The van der Waals surface area contributed by atoms with Gasteiger partial charge in [-0.2, -0.15) is 5.26 Å². The summed E-state index contributed by atoms with van der Waals surface area (Å²) < 4.78 is 5.34. The van der Waals surface area contributed by atoms with Crippen molar-refractivity contribution in [3.8, 4) is 11.8 Å². The third-order valence-electron chi connectivity index (χ3n) is 3.71. The molecule has 0 unspecified atom stereocenters. The Morgan fingerprint density at radius 2 is 2.00 bits per heavy atom. The molecule has 0 atom stereocenters. The molecule has 0 saturated heterocycles. The first kappa shape index (κ1) is 18.6. The fourth-order valence-corrected chi connectivity index (χ4v) is 2.95. The van der Waals surface area contributed by atoms with E-state index in [-0.39, 0.29) is 5.57 Å². The summed E-state index contributed by atoms with van der Waals surface area (Å²) in [5.41, 5.74) is 3.55. The van der Waals surface area contributed by atoms with E-state index in [1.165, 1.54) is 0 Å². The van der Waals surface area contributed by atoms with Crippen LogP contribution in [-0.2, 0) is 4.79 Å². The molecule has 0 heterocycles. The van der Waals surface area contributed by atoms with Crippen molar-refractivity contribution in [3.63, 3.8) is 0 Å². The highest BCUT2D eigenvalue weighted by Crippen LogP contribution is 2.29. The Hall–Kier alpha value is -2.71. The third-order valence-corrected chi connectivity index (χ3v) is 4.49. The number of carbonyl (C=O) groups is 1. The number of nitriles is 1. The minimum Gasteiger partial charge on any atom is -0.496 e. The Kier molecular flexibility index (Phi) is 6.26. The smallest absolute Gasteiger partial charge is 0.266 e. The highest BCUT2D eigenvalue weighted by Gasteiger charge is 2.12. The standard InChI is InChI=1S/C20H20N2O2S/c1-13-5-7-17(14(2)9-13)22-20(23)16(12-21)10-15-6-8-19(25-4)18(11-15)24-3/h5-11H,1-4H3,(H,22,23). The van der Waals surface area contributed by atoms with Crippen LogP contribution in [0.25, 0.3) is 6.08 Å². The Morgan fingerprint density at radius 1 is 1.24 bits per heavy atom. The zero-order valence-electron chi connectivity index (χ0n) is 14.7. The summed E-state index contributed by atoms with van der Waals surface area (Å²) in [5, 5.41) is 12.2. The van der Waals surface area contributed by atoms with Crippen LogP contribution in [0, 0.1) is 25.2 Å². The molecule has 0 aliphatic rings. The number of nitrogens with one attached hydrogen (secondary N) is 1. The van der Waals surface area contributed by atoms with Gasteiger partial charge in [-0.3, -0.25) is 4.79 Å². The maximum absolute atomic E-state index is 12.4. The van der Waals surface area contributed by atoms with E-state index in [9.17, 15) is 10.1 Å². The van der Waals surface area contributed by atoms with Crippen LogP contribution in [-0.4, -0.2) is 19.3 Å². The molecule has 0 aliphatic heterocycles. The lowest BCUT2D eigenvalue weighted by atomic mass is 10.1. The summed E-state index contributed by atoms with van der Waals surface area (Å²) >= 11 is 1.57. The van der Waals surface area contributed by atoms with Crippen molar-refractivity contribution >= 4 is 29.4 Å². The summed E-state index contributed by atoms with van der Waals surface area (Å²) in [6.07, 6.45) is 3.52. The fourth-order valence-electron chi connectivity index (χ4n) is 2.40. The number of carbonyl (C=O) groups excluding carboxylic acids is 1. The van der Waals surface area contributed by atoms with Gasteiger partial charge in [0.25, 0.3) is 5.91 Å². The van der Waals surface area contributed by atoms with Gasteiger partial charge < -0.3 is 10.1 Å². The van der Waals surface area contributed by atoms with E-state index >= 15 is 0 Å². The van der Waals surface area contributed by atoms with Crippen molar-refractivity contribution in [1.29, 1.82) is 5.26 Å². The predicted octanol–water partition coefficient (Wildman–Crippen LogP) is 4.58. The van der Waals surface area contributed by atoms with Gasteiger partial charge in [-0.15, -0.1) is 11.8 Å². The van der Waals surface area contributed by atoms with Crippen LogP contribution in [0.4, 0.5) is 5.69 Å². The Balaban J connectivity index is 2.28. The summed E-state index contributed by atoms with van der Waals surface area (Å²) in [6.45, 7) is 3.91. The minimum absolute atomic E-state index is 0.0407. The van der Waals surface area contributed by atoms with Crippen LogP contribution in [0.3, 0.4) is 0 Å². The fraction of sp³-hybridized carbons (Fsp3) is 0.200. The first-order valence-corrected chi connectivity index (χ1v) is 8.93. The lowest BCUT2D eigenvalue weighted by Crippen LogP contribution is -2.14. The summed E-state index contributed by atoms with van der Waals surface area (Å²) in [7, 11) is 1.60. The lowest BCUT2D eigenvalue weighted by Gasteiger charge is -2.09. The quantitative estimate of drug-likeness (QED) is 0.486. The number of methoxy groups -OCH3 is 1. The van der Waals surface area contributed by atoms with E-state index < -0.39 is 5.91 Å². The molecule has 0 bridgehead atoms. The van der Waals surface area contributed by atoms with Crippen LogP contribution < -0.4 is 10.1 Å². The van der Waals surface area contributed by atoms with Crippen LogP contribution in [0.15, 0.2) is 46.9 Å². The SMILES string of the molecule is COc1cc(C=C(C#N)C(=O)Nc2ccc(C)cc2C)ccc1SC. The molecular weight excluding hydrogens is 332 g/mol. The molecule has 1 N–H and O–H groups in total. The molecular formula is C20H20N2O2S. The van der Waals surface area contributed by atoms with E-state index in [0.29, 0.717) is 11.4 Å². The number of amides is 1. The van der Waals surface area contributed by atoms with Crippen LogP contribution in [0.1, 0.15) is 16.7 Å². The zero-order valence-corrected chi connectivity index (χ0v) is 15.5. The maximum Gasteiger partial charge on any atom is 0.266 e. The molecule has 5 heteroatoms. The molecule has 0 fully saturated rings. The molecule has 25 heavy (non-hydrogen) atoms. The van der Waals surface area contributed by atoms with Gasteiger partial charge in [0, 0.05) is 10.6 Å². The molecule has 128 valence electrons. The number of anilines is 1. The van der Waals surface area contributed by atoms with E-state index in [2.05, 4.69) is 5.32 Å². The van der Waals surface area contributed by atoms with Crippen LogP contribution in [0.5, 0.6) is 5.75 Å². The normalized spacial score (nSPS) is 10.9. The van der Waals surface area contributed by atoms with Gasteiger partial charge in [0.1, 0.15) is 17.4 Å². The number of thioether (sulfide) groups is 1. The number of hydrogen-bond donors (Lipinski definition) is 1. The van der Waals surface area contributed by atoms with Crippen molar-refractivity contribution in [2.24, 2.45) is 0 Å². The van der Waals surface area contributed by atoms with Gasteiger partial charge >= 0.3 is 0 Å². The lowest BCUT2D eigenvalue weighted by molar-refractivity contribution is -0.112. The highest BCUT2D eigenvalue weighted by molar-refractivity contribution is 7.98. The molecule has 2 rings (SSSR count). The van der Waals surface area contributed by atoms with E-state index in [1.54, 1.807) is 24.9 Å². The Bertz CT molecular complexity index is 866. The van der Waals surface area contributed by atoms with Crippen LogP contribution in [0.2, 0.25) is 0 Å². The number of hydrogen-bond acceptors (Lipinski definition) is 4. The van der Waals surface area contributed by atoms with Crippen molar-refractivity contribution in [1.82, 2.24) is 0 Å². The van der Waals surface area contributed by atoms with Gasteiger partial charge in [0.2, 0.25) is 0 Å². The summed E-state index contributed by atoms with van der Waals surface area (Å²) in [4.78, 5) is 13.4. The van der Waals surface area contributed by atoms with E-state index in [0.717, 1.165) is 21.6 Å². The average molecular weight is 352 g/mol. The molecule has 0 radical (unpaired) electrons. The largest absolute Gasteiger partial charge is 0.496 e. The highest BCUT2D eigenvalue weighted by atomic mass is 32.2. The first-order valence-electron chi connectivity index (χ1n) is 7.71. The van der Waals surface area contributed by atoms with Gasteiger partial charge in [-0.05, 0) is 55.5 Å². The average Bonchev–Trinajstić information content (AvgIpc) is 2.61. The van der Waals surface area contributed by atoms with Gasteiger partial charge in [0.05, 0.1) is 7.11 Å². The third kappa shape index (κ3) is 4.65. The van der Waals surface area contributed by atoms with Crippen molar-refractivity contribution in [2.75, 3.05) is 18.7 Å². The van der Waals surface area contributed by atoms with Gasteiger partial charge in [-0.25, -0.2) is 0 Å². The molecule has 2 aromatic carbocycles. The number of ether oxygens (including phenoxy) is 1. The second-order valence-electron chi connectivity index (χ2n) is 5.56. The maximum atomic E-state index is 12.4. The molecule has 4 nitrogen and oxygen atoms in total. The zero-order chi connectivity index (χ0) is 18.4. The first-order chi connectivity index (χ1) is 12.0. The van der Waals surface area contributed by atoms with E-state index in [4.69, 9.17) is 4.74 Å². The topological polar surface area (TPSA) is 62.1 Å². The molecule has 0 saturated carbocycles. The Morgan fingerprint density at radius 3 is 2.60 bits per heavy atom. The summed E-state index contributed by atoms with van der Waals surface area (Å²) in [5.74, 6) is 0.288. The van der Waals surface area contributed by atoms with Crippen molar-refractivity contribution in [3.05, 3.63) is 58.7 Å². The number of nitrogens with zero attached hydrogens (tertiary/aromatic N) is 1. The monoisotopic (exact) mass is 352 g/mol. The molecule has 0 spiro atoms. The number of benzene rings is 2. The van der Waals surface area contributed by atoms with Gasteiger partial charge in [0.15, 0.2) is 0 Å². The number of rotatable bonds is 5.